The fourth-order valence-electron chi connectivity index (χ4n) is 9.05. The van der Waals surface area contributed by atoms with Crippen LogP contribution in [0.2, 0.25) is 0 Å². The molecule has 1 fully saturated rings. The lowest BCUT2D eigenvalue weighted by molar-refractivity contribution is 0.203. The minimum Gasteiger partial charge on any atom is -0.456 e. The molecule has 12 rings (SSSR count). The van der Waals surface area contributed by atoms with Crippen LogP contribution in [-0.4, -0.2) is 4.57 Å². The number of benzene rings is 8. The van der Waals surface area contributed by atoms with Gasteiger partial charge in [0.05, 0.1) is 29.5 Å². The first kappa shape index (κ1) is 32.7. The van der Waals surface area contributed by atoms with Gasteiger partial charge in [-0.05, 0) is 76.3 Å². The number of furan rings is 1. The van der Waals surface area contributed by atoms with Gasteiger partial charge in [-0.2, -0.15) is 0 Å². The number of rotatable bonds is 5. The van der Waals surface area contributed by atoms with Crippen molar-refractivity contribution in [3.63, 3.8) is 0 Å². The molecule has 0 aliphatic carbocycles. The van der Waals surface area contributed by atoms with E-state index in [4.69, 9.17) is 4.42 Å². The highest BCUT2D eigenvalue weighted by Crippen LogP contribution is 2.43. The van der Waals surface area contributed by atoms with Gasteiger partial charge in [-0.15, -0.1) is 11.3 Å². The van der Waals surface area contributed by atoms with Gasteiger partial charge in [-0.1, -0.05) is 127 Å². The fourth-order valence-corrected chi connectivity index (χ4v) is 10.2. The van der Waals surface area contributed by atoms with Crippen LogP contribution in [0.5, 0.6) is 0 Å². The third-order valence-electron chi connectivity index (χ3n) is 11.7. The molecule has 0 amide bonds. The molecule has 1 saturated heterocycles. The van der Waals surface area contributed by atoms with Crippen LogP contribution in [0, 0.1) is 0 Å². The molecule has 1 aliphatic heterocycles. The summed E-state index contributed by atoms with van der Waals surface area (Å²) in [6.07, 6.45) is -0.0777. The summed E-state index contributed by atoms with van der Waals surface area (Å²) in [6, 6.07) is 65.5. The third kappa shape index (κ3) is 5.34. The van der Waals surface area contributed by atoms with E-state index in [0.717, 1.165) is 27.6 Å². The molecule has 0 bridgehead atoms. The van der Waals surface area contributed by atoms with Gasteiger partial charge in [-0.25, -0.2) is 0 Å². The molecule has 0 saturated carbocycles. The molecule has 1 aliphatic rings. The summed E-state index contributed by atoms with van der Waals surface area (Å²) >= 11 is 1.86. The maximum absolute atomic E-state index is 6.56. The number of nitrogens with one attached hydrogen (secondary N) is 3. The van der Waals surface area contributed by atoms with Gasteiger partial charge >= 0.3 is 0 Å². The van der Waals surface area contributed by atoms with Crippen molar-refractivity contribution >= 4 is 75.3 Å². The number of thiophene rings is 1. The SMILES string of the molecule is c1ccc(C2NC(c3ccccc3)NC(c3ccc4c(c3)sc3cccc(-c5ccc6oc7cc(-n8c9ccccc9c9ccccc98)ccc7c6c5)c34)N2)cc1. The van der Waals surface area contributed by atoms with Crippen LogP contribution in [0.15, 0.2) is 186 Å². The number of hydrogen-bond acceptors (Lipinski definition) is 5. The number of aromatic nitrogens is 1. The summed E-state index contributed by atoms with van der Waals surface area (Å²) in [7, 11) is 0. The Bertz CT molecular complexity index is 3210. The zero-order valence-corrected chi connectivity index (χ0v) is 31.6. The Kier molecular flexibility index (Phi) is 7.46. The quantitative estimate of drug-likeness (QED) is 0.164. The second kappa shape index (κ2) is 13.0. The molecular formula is C51H36N4OS. The third-order valence-corrected chi connectivity index (χ3v) is 12.8. The van der Waals surface area contributed by atoms with Crippen LogP contribution in [0.1, 0.15) is 35.2 Å². The first-order valence-electron chi connectivity index (χ1n) is 19.5. The molecule has 11 aromatic rings. The Labute approximate surface area is 332 Å². The standard InChI is InChI=1S/C51H36N4OS/c1-3-12-31(13-4-1)49-52-50(32-14-5-2-6-15-32)54-51(53-49)34-22-25-40-47(29-34)57-46-21-11-18-36(48(40)46)33-23-27-44-41(28-33)39-26-24-35(30-45(39)56-44)55-42-19-9-7-16-37(42)38-17-8-10-20-43(38)55/h1-30,49-54H. The van der Waals surface area contributed by atoms with E-state index in [0.29, 0.717) is 0 Å². The fraction of sp³-hybridized carbons (Fsp3) is 0.0588. The monoisotopic (exact) mass is 752 g/mol. The highest BCUT2D eigenvalue weighted by atomic mass is 32.1. The average Bonchev–Trinajstić information content (AvgIpc) is 3.95. The summed E-state index contributed by atoms with van der Waals surface area (Å²) in [5.74, 6) is 0. The summed E-state index contributed by atoms with van der Waals surface area (Å²) in [6.45, 7) is 0. The van der Waals surface area contributed by atoms with Gasteiger partial charge in [-0.3, -0.25) is 16.0 Å². The van der Waals surface area contributed by atoms with Gasteiger partial charge in [0.25, 0.3) is 0 Å². The van der Waals surface area contributed by atoms with Crippen molar-refractivity contribution in [3.05, 3.63) is 199 Å². The first-order valence-corrected chi connectivity index (χ1v) is 20.3. The van der Waals surface area contributed by atoms with Gasteiger partial charge < -0.3 is 8.98 Å². The number of nitrogens with zero attached hydrogens (tertiary/aromatic N) is 1. The van der Waals surface area contributed by atoms with E-state index < -0.39 is 0 Å². The minimum atomic E-state index is -0.0528. The van der Waals surface area contributed by atoms with Crippen LogP contribution in [-0.2, 0) is 0 Å². The maximum Gasteiger partial charge on any atom is 0.137 e. The lowest BCUT2D eigenvalue weighted by atomic mass is 9.97. The Morgan fingerprint density at radius 1 is 0.421 bits per heavy atom. The Morgan fingerprint density at radius 2 is 1.05 bits per heavy atom. The lowest BCUT2D eigenvalue weighted by Gasteiger charge is -2.39. The van der Waals surface area contributed by atoms with Crippen LogP contribution >= 0.6 is 11.3 Å². The van der Waals surface area contributed by atoms with Gasteiger partial charge in [0.1, 0.15) is 11.2 Å². The van der Waals surface area contributed by atoms with Gasteiger partial charge in [0.2, 0.25) is 0 Å². The van der Waals surface area contributed by atoms with Crippen molar-refractivity contribution in [1.29, 1.82) is 0 Å². The lowest BCUT2D eigenvalue weighted by Crippen LogP contribution is -2.54. The van der Waals surface area contributed by atoms with Crippen LogP contribution in [0.3, 0.4) is 0 Å². The molecule has 3 N–H and O–H groups in total. The van der Waals surface area contributed by atoms with Crippen molar-refractivity contribution in [2.45, 2.75) is 18.5 Å². The van der Waals surface area contributed by atoms with Crippen molar-refractivity contribution in [3.8, 4) is 16.8 Å². The summed E-state index contributed by atoms with van der Waals surface area (Å²) in [5, 5.41) is 18.8. The molecule has 0 spiro atoms. The van der Waals surface area contributed by atoms with Gasteiger partial charge in [0, 0.05) is 53.5 Å². The largest absolute Gasteiger partial charge is 0.456 e. The maximum atomic E-state index is 6.56. The molecule has 8 aromatic carbocycles. The van der Waals surface area contributed by atoms with Crippen molar-refractivity contribution in [2.24, 2.45) is 0 Å². The average molecular weight is 753 g/mol. The zero-order valence-electron chi connectivity index (χ0n) is 30.8. The first-order chi connectivity index (χ1) is 28.2. The minimum absolute atomic E-state index is 0.0125. The molecule has 2 unspecified atom stereocenters. The topological polar surface area (TPSA) is 54.2 Å². The molecule has 6 heteroatoms. The molecule has 57 heavy (non-hydrogen) atoms. The molecule has 272 valence electrons. The Morgan fingerprint density at radius 3 is 1.75 bits per heavy atom. The van der Waals surface area contributed by atoms with E-state index in [1.807, 2.05) is 11.3 Å². The second-order valence-corrected chi connectivity index (χ2v) is 16.1. The smallest absolute Gasteiger partial charge is 0.137 e. The highest BCUT2D eigenvalue weighted by molar-refractivity contribution is 7.26. The van der Waals surface area contributed by atoms with Crippen molar-refractivity contribution in [1.82, 2.24) is 20.5 Å². The molecule has 2 atom stereocenters. The van der Waals surface area contributed by atoms with E-state index in [-0.39, 0.29) is 18.5 Å². The molecule has 0 radical (unpaired) electrons. The zero-order chi connectivity index (χ0) is 37.5. The van der Waals surface area contributed by atoms with Crippen LogP contribution < -0.4 is 16.0 Å². The molecular weight excluding hydrogens is 717 g/mol. The summed E-state index contributed by atoms with van der Waals surface area (Å²) in [4.78, 5) is 0. The van der Waals surface area contributed by atoms with Crippen molar-refractivity contribution in [2.75, 3.05) is 0 Å². The normalized spacial score (nSPS) is 17.4. The van der Waals surface area contributed by atoms with Crippen LogP contribution in [0.25, 0.3) is 80.7 Å². The predicted molar refractivity (Wildman–Crippen MR) is 237 cm³/mol. The number of fused-ring (bicyclic) bond motifs is 9. The molecule has 5 nitrogen and oxygen atoms in total. The van der Waals surface area contributed by atoms with Gasteiger partial charge in [0.15, 0.2) is 0 Å². The summed E-state index contributed by atoms with van der Waals surface area (Å²) in [5.41, 5.74) is 11.3. The van der Waals surface area contributed by atoms with E-state index >= 15 is 0 Å². The highest BCUT2D eigenvalue weighted by Gasteiger charge is 2.30. The van der Waals surface area contributed by atoms with E-state index in [1.54, 1.807) is 0 Å². The van der Waals surface area contributed by atoms with Crippen LogP contribution in [0.4, 0.5) is 0 Å². The molecule has 3 aromatic heterocycles. The van der Waals surface area contributed by atoms with Crippen molar-refractivity contribution < 1.29 is 4.42 Å². The van der Waals surface area contributed by atoms with E-state index in [2.05, 4.69) is 203 Å². The van der Waals surface area contributed by atoms with E-state index in [1.165, 1.54) is 69.8 Å². The Hall–Kier alpha value is -6.54. The number of para-hydroxylation sites is 2. The molecule has 4 heterocycles. The predicted octanol–water partition coefficient (Wildman–Crippen LogP) is 12.9. The Balaban J connectivity index is 0.925. The number of hydrogen-bond donors (Lipinski definition) is 3. The summed E-state index contributed by atoms with van der Waals surface area (Å²) < 4.78 is 11.5. The second-order valence-electron chi connectivity index (χ2n) is 15.0. The van der Waals surface area contributed by atoms with E-state index in [9.17, 15) is 0 Å².